The Hall–Kier alpha value is -2.67. The fourth-order valence-corrected chi connectivity index (χ4v) is 2.09. The molecule has 0 saturated heterocycles. The van der Waals surface area contributed by atoms with Crippen LogP contribution in [-0.4, -0.2) is 35.2 Å². The summed E-state index contributed by atoms with van der Waals surface area (Å²) in [6, 6.07) is 7.93. The number of methoxy groups -OCH3 is 1. The number of aromatic nitrogens is 2. The van der Waals surface area contributed by atoms with Gasteiger partial charge in [-0.25, -0.2) is 4.79 Å². The molecule has 1 heterocycles. The van der Waals surface area contributed by atoms with Crippen molar-refractivity contribution >= 4 is 35.0 Å². The smallest absolute Gasteiger partial charge is 0.337 e. The van der Waals surface area contributed by atoms with E-state index in [4.69, 9.17) is 11.6 Å². The monoisotopic (exact) mass is 362 g/mol. The number of hydrogen-bond acceptors (Lipinski definition) is 6. The summed E-state index contributed by atoms with van der Waals surface area (Å²) in [4.78, 5) is 23.6. The van der Waals surface area contributed by atoms with Gasteiger partial charge in [0.15, 0.2) is 11.5 Å². The van der Waals surface area contributed by atoms with Crippen LogP contribution in [0.3, 0.4) is 0 Å². The summed E-state index contributed by atoms with van der Waals surface area (Å²) >= 11 is 6.12. The number of nitrogens with one attached hydrogen (secondary N) is 2. The number of anilines is 2. The Bertz CT molecular complexity index is 765. The number of esters is 1. The maximum absolute atomic E-state index is 12.0. The van der Waals surface area contributed by atoms with Crippen LogP contribution < -0.4 is 10.6 Å². The van der Waals surface area contributed by atoms with Crippen molar-refractivity contribution in [2.24, 2.45) is 0 Å². The number of halogens is 1. The molecule has 1 atom stereocenters. The van der Waals surface area contributed by atoms with Gasteiger partial charge in [-0.3, -0.25) is 4.79 Å². The van der Waals surface area contributed by atoms with E-state index in [2.05, 4.69) is 25.6 Å². The Labute approximate surface area is 150 Å². The van der Waals surface area contributed by atoms with Gasteiger partial charge in [-0.2, -0.15) is 0 Å². The number of amides is 1. The molecule has 1 aromatic heterocycles. The molecular formula is C17H19ClN4O3. The van der Waals surface area contributed by atoms with Crippen LogP contribution in [0.25, 0.3) is 0 Å². The number of carbonyl (C=O) groups excluding carboxylic acids is 2. The molecule has 2 N–H and O–H groups in total. The lowest BCUT2D eigenvalue weighted by molar-refractivity contribution is 0.0600. The van der Waals surface area contributed by atoms with Crippen LogP contribution in [0, 0.1) is 0 Å². The third kappa shape index (κ3) is 4.90. The summed E-state index contributed by atoms with van der Waals surface area (Å²) in [5.41, 5.74) is 1.06. The minimum Gasteiger partial charge on any atom is -0.465 e. The first kappa shape index (κ1) is 18.7. The Morgan fingerprint density at radius 1 is 1.24 bits per heavy atom. The Morgan fingerprint density at radius 3 is 2.60 bits per heavy atom. The number of ether oxygens (including phenoxy) is 1. The van der Waals surface area contributed by atoms with E-state index in [-0.39, 0.29) is 17.6 Å². The normalized spacial score (nSPS) is 11.5. The quantitative estimate of drug-likeness (QED) is 0.766. The van der Waals surface area contributed by atoms with Gasteiger partial charge in [0.05, 0.1) is 23.4 Å². The van der Waals surface area contributed by atoms with E-state index >= 15 is 0 Å². The van der Waals surface area contributed by atoms with E-state index < -0.39 is 5.97 Å². The van der Waals surface area contributed by atoms with Crippen molar-refractivity contribution in [2.45, 2.75) is 26.3 Å². The summed E-state index contributed by atoms with van der Waals surface area (Å²) in [5.74, 6) is -0.356. The van der Waals surface area contributed by atoms with Gasteiger partial charge in [0.2, 0.25) is 0 Å². The van der Waals surface area contributed by atoms with Crippen LogP contribution in [0.2, 0.25) is 5.02 Å². The van der Waals surface area contributed by atoms with Crippen molar-refractivity contribution in [3.8, 4) is 0 Å². The molecule has 0 spiro atoms. The maximum Gasteiger partial charge on any atom is 0.337 e. The molecule has 25 heavy (non-hydrogen) atoms. The molecule has 8 heteroatoms. The minimum absolute atomic E-state index is 0.0620. The number of nitrogens with zero attached hydrogens (tertiary/aromatic N) is 2. The second-order valence-electron chi connectivity index (χ2n) is 5.40. The van der Waals surface area contributed by atoms with Crippen molar-refractivity contribution in [1.29, 1.82) is 0 Å². The lowest BCUT2D eigenvalue weighted by Gasteiger charge is -2.11. The molecule has 0 radical (unpaired) electrons. The molecule has 132 valence electrons. The van der Waals surface area contributed by atoms with E-state index in [0.717, 1.165) is 6.42 Å². The third-order valence-corrected chi connectivity index (χ3v) is 3.87. The van der Waals surface area contributed by atoms with Gasteiger partial charge in [0.1, 0.15) is 0 Å². The molecule has 0 aliphatic rings. The first-order valence-corrected chi connectivity index (χ1v) is 8.11. The van der Waals surface area contributed by atoms with Crippen LogP contribution >= 0.6 is 11.6 Å². The second kappa shape index (κ2) is 8.43. The predicted molar refractivity (Wildman–Crippen MR) is 95.3 cm³/mol. The summed E-state index contributed by atoms with van der Waals surface area (Å²) in [6.07, 6.45) is 0.827. The SMILES string of the molecule is CCC(C)NC(=O)c1ccc(Nc2cc(C(=O)OC)ccc2Cl)nn1. The van der Waals surface area contributed by atoms with Gasteiger partial charge < -0.3 is 15.4 Å². The lowest BCUT2D eigenvalue weighted by Crippen LogP contribution is -2.32. The van der Waals surface area contributed by atoms with Crippen molar-refractivity contribution < 1.29 is 14.3 Å². The molecule has 7 nitrogen and oxygen atoms in total. The van der Waals surface area contributed by atoms with Gasteiger partial charge in [-0.05, 0) is 43.7 Å². The van der Waals surface area contributed by atoms with Crippen molar-refractivity contribution in [2.75, 3.05) is 12.4 Å². The number of hydrogen-bond donors (Lipinski definition) is 2. The zero-order chi connectivity index (χ0) is 18.4. The highest BCUT2D eigenvalue weighted by Crippen LogP contribution is 2.26. The molecule has 0 fully saturated rings. The van der Waals surface area contributed by atoms with Crippen LogP contribution in [-0.2, 0) is 4.74 Å². The van der Waals surface area contributed by atoms with Gasteiger partial charge >= 0.3 is 5.97 Å². The number of benzene rings is 1. The number of carbonyl (C=O) groups is 2. The van der Waals surface area contributed by atoms with E-state index in [1.165, 1.54) is 7.11 Å². The average Bonchev–Trinajstić information content (AvgIpc) is 2.63. The second-order valence-corrected chi connectivity index (χ2v) is 5.80. The summed E-state index contributed by atoms with van der Waals surface area (Å²) in [7, 11) is 1.30. The highest BCUT2D eigenvalue weighted by atomic mass is 35.5. The molecule has 0 aliphatic carbocycles. The van der Waals surface area contributed by atoms with E-state index in [0.29, 0.717) is 22.1 Å². The largest absolute Gasteiger partial charge is 0.465 e. The average molecular weight is 363 g/mol. The fraction of sp³-hybridized carbons (Fsp3) is 0.294. The van der Waals surface area contributed by atoms with Crippen LogP contribution in [0.4, 0.5) is 11.5 Å². The molecular weight excluding hydrogens is 344 g/mol. The lowest BCUT2D eigenvalue weighted by atomic mass is 10.2. The Morgan fingerprint density at radius 2 is 2.00 bits per heavy atom. The van der Waals surface area contributed by atoms with Gasteiger partial charge in [-0.1, -0.05) is 18.5 Å². The number of rotatable bonds is 6. The van der Waals surface area contributed by atoms with E-state index in [1.54, 1.807) is 30.3 Å². The summed E-state index contributed by atoms with van der Waals surface area (Å²) in [6.45, 7) is 3.90. The highest BCUT2D eigenvalue weighted by Gasteiger charge is 2.12. The van der Waals surface area contributed by atoms with Crippen molar-refractivity contribution in [3.63, 3.8) is 0 Å². The molecule has 1 aromatic carbocycles. The molecule has 0 saturated carbocycles. The molecule has 2 aromatic rings. The molecule has 2 rings (SSSR count). The Balaban J connectivity index is 2.13. The molecule has 1 unspecified atom stereocenters. The van der Waals surface area contributed by atoms with Gasteiger partial charge in [0, 0.05) is 6.04 Å². The van der Waals surface area contributed by atoms with Crippen LogP contribution in [0.1, 0.15) is 41.1 Å². The van der Waals surface area contributed by atoms with Crippen molar-refractivity contribution in [1.82, 2.24) is 15.5 Å². The topological polar surface area (TPSA) is 93.2 Å². The van der Waals surface area contributed by atoms with Crippen molar-refractivity contribution in [3.05, 3.63) is 46.6 Å². The zero-order valence-electron chi connectivity index (χ0n) is 14.2. The van der Waals surface area contributed by atoms with Crippen LogP contribution in [0.5, 0.6) is 0 Å². The van der Waals surface area contributed by atoms with Gasteiger partial charge in [-0.15, -0.1) is 10.2 Å². The Kier molecular flexibility index (Phi) is 6.30. The predicted octanol–water partition coefficient (Wildman–Crippen LogP) is 3.19. The third-order valence-electron chi connectivity index (χ3n) is 3.54. The first-order valence-electron chi connectivity index (χ1n) is 7.74. The highest BCUT2D eigenvalue weighted by molar-refractivity contribution is 6.33. The molecule has 0 aliphatic heterocycles. The van der Waals surface area contributed by atoms with E-state index in [9.17, 15) is 9.59 Å². The summed E-state index contributed by atoms with van der Waals surface area (Å²) in [5, 5.41) is 14.1. The molecule has 1 amide bonds. The standard InChI is InChI=1S/C17H19ClN4O3/c1-4-10(2)19-16(23)13-7-8-15(22-21-13)20-14-9-11(17(24)25-3)5-6-12(14)18/h5-10H,4H2,1-3H3,(H,19,23)(H,20,22). The summed E-state index contributed by atoms with van der Waals surface area (Å²) < 4.78 is 4.68. The zero-order valence-corrected chi connectivity index (χ0v) is 14.9. The van der Waals surface area contributed by atoms with E-state index in [1.807, 2.05) is 13.8 Å². The maximum atomic E-state index is 12.0. The first-order chi connectivity index (χ1) is 11.9. The molecule has 0 bridgehead atoms. The van der Waals surface area contributed by atoms with Gasteiger partial charge in [0.25, 0.3) is 5.91 Å². The fourth-order valence-electron chi connectivity index (χ4n) is 1.92. The van der Waals surface area contributed by atoms with Crippen LogP contribution in [0.15, 0.2) is 30.3 Å². The minimum atomic E-state index is -0.470.